The van der Waals surface area contributed by atoms with E-state index in [4.69, 9.17) is 4.79 Å². The number of nitrogens with one attached hydrogen (secondary N) is 3. The van der Waals surface area contributed by atoms with Crippen LogP contribution < -0.4 is 20.9 Å². The van der Waals surface area contributed by atoms with Crippen LogP contribution in [-0.2, 0) is 19.2 Å². The van der Waals surface area contributed by atoms with Crippen molar-refractivity contribution in [3.63, 3.8) is 0 Å². The molecule has 0 aromatic heterocycles. The van der Waals surface area contributed by atoms with Crippen LogP contribution in [0.5, 0.6) is 0 Å². The molecule has 2 aliphatic heterocycles. The average Bonchev–Trinajstić information content (AvgIpc) is 3.83. The molecule has 1 aliphatic carbocycles. The fourth-order valence-corrected chi connectivity index (χ4v) is 9.13. The molecule has 2 saturated heterocycles. The Balaban J connectivity index is 0.00000166. The summed E-state index contributed by atoms with van der Waals surface area (Å²) in [7, 11) is 5.30. The molecule has 5 rings (SSSR count). The van der Waals surface area contributed by atoms with Crippen LogP contribution in [-0.4, -0.2) is 132 Å². The predicted molar refractivity (Wildman–Crippen MR) is 256 cm³/mol. The average molecular weight is 885 g/mol. The number of hydrogen-bond acceptors (Lipinski definition) is 13. The maximum atomic E-state index is 13.7. The van der Waals surface area contributed by atoms with Crippen LogP contribution in [0.2, 0.25) is 0 Å². The number of allylic oxidation sites excluding steroid dienone is 1. The summed E-state index contributed by atoms with van der Waals surface area (Å²) in [5.74, 6) is 1.16. The third kappa shape index (κ3) is 17.4. The molecule has 0 radical (unpaired) electrons. The van der Waals surface area contributed by atoms with E-state index >= 15 is 0 Å². The van der Waals surface area contributed by atoms with Gasteiger partial charge in [-0.15, -0.1) is 11.8 Å². The predicted octanol–water partition coefficient (Wildman–Crippen LogP) is 6.48. The molecule has 2 amide bonds. The van der Waals surface area contributed by atoms with Gasteiger partial charge in [0.25, 0.3) is 5.91 Å². The molecule has 63 heavy (non-hydrogen) atoms. The quantitative estimate of drug-likeness (QED) is 0.0576. The minimum absolute atomic E-state index is 0.176. The molecule has 15 heteroatoms. The number of carbonyl (C=O) groups is 6. The van der Waals surface area contributed by atoms with Gasteiger partial charge in [0.2, 0.25) is 6.41 Å². The van der Waals surface area contributed by atoms with Crippen LogP contribution in [0, 0.1) is 11.8 Å². The van der Waals surface area contributed by atoms with Crippen molar-refractivity contribution < 1.29 is 28.8 Å². The summed E-state index contributed by atoms with van der Waals surface area (Å²) in [5.41, 5.74) is 3.01. The molecule has 0 bridgehead atoms. The molecule has 3 N–H and O–H groups in total. The molecule has 14 nitrogen and oxygen atoms in total. The lowest BCUT2D eigenvalue weighted by Crippen LogP contribution is -2.43. The Morgan fingerprint density at radius 3 is 2.21 bits per heavy atom. The van der Waals surface area contributed by atoms with Crippen LogP contribution in [0.3, 0.4) is 0 Å². The van der Waals surface area contributed by atoms with Crippen molar-refractivity contribution >= 4 is 73.2 Å². The van der Waals surface area contributed by atoms with Crippen LogP contribution in [0.15, 0.2) is 81.3 Å². The fraction of sp³-hybridized carbons (Fsp3) is 0.500. The van der Waals surface area contributed by atoms with E-state index in [0.29, 0.717) is 59.7 Å². The first-order valence-electron chi connectivity index (χ1n) is 22.0. The van der Waals surface area contributed by atoms with Crippen molar-refractivity contribution in [2.75, 3.05) is 70.8 Å². The van der Waals surface area contributed by atoms with Gasteiger partial charge in [-0.2, -0.15) is 0 Å². The number of aliphatic imine (C=N–C) groups is 2. The van der Waals surface area contributed by atoms with Gasteiger partial charge in [-0.1, -0.05) is 37.1 Å². The number of piperidine rings is 2. The molecule has 1 unspecified atom stereocenters. The summed E-state index contributed by atoms with van der Waals surface area (Å²) >= 11 is 1.94. The van der Waals surface area contributed by atoms with Gasteiger partial charge in [0.15, 0.2) is 6.29 Å². The van der Waals surface area contributed by atoms with Crippen LogP contribution >= 0.6 is 11.8 Å². The monoisotopic (exact) mass is 884 g/mol. The van der Waals surface area contributed by atoms with Crippen molar-refractivity contribution in [3.05, 3.63) is 77.5 Å². The van der Waals surface area contributed by atoms with E-state index in [1.807, 2.05) is 38.0 Å². The second-order valence-corrected chi connectivity index (χ2v) is 17.2. The number of likely N-dealkylation sites (N-methyl/N-ethyl adjacent to an activating group) is 1. The fourth-order valence-electron chi connectivity index (χ4n) is 8.00. The number of nitrogens with zero attached hydrogens (tertiary/aromatic N) is 5. The minimum atomic E-state index is -0.739. The normalized spacial score (nSPS) is 17.0. The minimum Gasteiger partial charge on any atom is -0.371 e. The number of carbonyl (C=O) groups excluding carboxylic acids is 6. The molecule has 1 atom stereocenters. The number of rotatable bonds is 20. The topological polar surface area (TPSA) is 173 Å². The number of benzene rings is 2. The summed E-state index contributed by atoms with van der Waals surface area (Å²) in [4.78, 5) is 84.4. The molecule has 2 heterocycles. The van der Waals surface area contributed by atoms with E-state index < -0.39 is 6.04 Å². The lowest BCUT2D eigenvalue weighted by atomic mass is 9.93. The molecule has 1 saturated carbocycles. The molecule has 2 aromatic carbocycles. The standard InChI is InChI=1S/C44H57N7O5S.C2H7N.C2H4O/c1-45-27-35(13-12-33-7-3-4-8-33)43(48-32-55)47-31-46-37-14-16-39(17-15-37)57-40-20-22-50(23-21-40)28-34-18-24-51(25-19-34)41-11-5-9-36(29-53)42(41)44(56)49(2)38(30-54)10-6-26-52;1-3-2;1-2-3/h5,9,11-17,26-27,29-30,32-34,38,40,46H,1,3-4,6-8,10,18-25,28,31H2,2H3,(H,47,48,55);3H,1-2H3;2H,1H3/b13-12-,35-27-;;. The first-order chi connectivity index (χ1) is 30.7. The molecule has 3 aliphatic rings. The van der Waals surface area contributed by atoms with Gasteiger partial charge in [0.1, 0.15) is 31.4 Å². The Hall–Kier alpha value is -5.25. The van der Waals surface area contributed by atoms with Gasteiger partial charge >= 0.3 is 0 Å². The van der Waals surface area contributed by atoms with Gasteiger partial charge in [0.05, 0.1) is 17.3 Å². The number of aldehydes is 4. The maximum Gasteiger partial charge on any atom is 0.257 e. The van der Waals surface area contributed by atoms with Crippen molar-refractivity contribution in [2.24, 2.45) is 21.8 Å². The highest BCUT2D eigenvalue weighted by atomic mass is 32.2. The zero-order valence-corrected chi connectivity index (χ0v) is 38.4. The van der Waals surface area contributed by atoms with Crippen LogP contribution in [0.25, 0.3) is 0 Å². The number of likely N-dealkylation sites (tertiary alicyclic amines) is 1. The maximum absolute atomic E-state index is 13.7. The van der Waals surface area contributed by atoms with Gasteiger partial charge in [0, 0.05) is 66.3 Å². The van der Waals surface area contributed by atoms with Crippen molar-refractivity contribution in [1.82, 2.24) is 20.4 Å². The van der Waals surface area contributed by atoms with Gasteiger partial charge in [-0.05, 0) is 128 Å². The molecular formula is C48H68N8O6S. The van der Waals surface area contributed by atoms with Crippen molar-refractivity contribution in [1.29, 1.82) is 0 Å². The third-order valence-electron chi connectivity index (χ3n) is 11.3. The highest BCUT2D eigenvalue weighted by Crippen LogP contribution is 2.34. The molecule has 2 aromatic rings. The highest BCUT2D eigenvalue weighted by Gasteiger charge is 2.30. The van der Waals surface area contributed by atoms with E-state index in [0.717, 1.165) is 87.9 Å². The van der Waals surface area contributed by atoms with E-state index in [1.165, 1.54) is 42.4 Å². The smallest absolute Gasteiger partial charge is 0.257 e. The van der Waals surface area contributed by atoms with Gasteiger partial charge < -0.3 is 45.0 Å². The summed E-state index contributed by atoms with van der Waals surface area (Å²) in [6.07, 6.45) is 18.8. The number of thioether (sulfide) groups is 1. The van der Waals surface area contributed by atoms with Crippen LogP contribution in [0.4, 0.5) is 11.4 Å². The first kappa shape index (κ1) is 52.1. The summed E-state index contributed by atoms with van der Waals surface area (Å²) in [5, 5.41) is 9.35. The molecule has 3 fully saturated rings. The van der Waals surface area contributed by atoms with Crippen LogP contribution in [0.1, 0.15) is 91.8 Å². The zero-order chi connectivity index (χ0) is 45.8. The third-order valence-corrected chi connectivity index (χ3v) is 12.7. The van der Waals surface area contributed by atoms with E-state index in [2.05, 4.69) is 72.8 Å². The van der Waals surface area contributed by atoms with E-state index in [1.54, 1.807) is 25.4 Å². The Bertz CT molecular complexity index is 1830. The highest BCUT2D eigenvalue weighted by molar-refractivity contribution is 8.00. The lowest BCUT2D eigenvalue weighted by Gasteiger charge is -2.39. The van der Waals surface area contributed by atoms with E-state index in [-0.39, 0.29) is 18.7 Å². The largest absolute Gasteiger partial charge is 0.371 e. The first-order valence-corrected chi connectivity index (χ1v) is 22.9. The summed E-state index contributed by atoms with van der Waals surface area (Å²) < 4.78 is 0. The lowest BCUT2D eigenvalue weighted by molar-refractivity contribution is -0.112. The number of hydrogen-bond donors (Lipinski definition) is 3. The number of anilines is 2. The van der Waals surface area contributed by atoms with Crippen molar-refractivity contribution in [2.45, 2.75) is 87.3 Å². The number of amidine groups is 1. The SMILES string of the molecule is C=N/C=C(/C=C\C1CCCC1)C(=N/CNc1ccc(SC2CCN(CC3CCN(c4cccc(C=O)c4C(=O)N(C)C(C=O)CCC=O)CC3)CC2)cc1)\NC=O.CC=O.CNC. The summed E-state index contributed by atoms with van der Waals surface area (Å²) in [6, 6.07) is 13.0. The molecule has 342 valence electrons. The van der Waals surface area contributed by atoms with Crippen molar-refractivity contribution in [3.8, 4) is 0 Å². The zero-order valence-electron chi connectivity index (χ0n) is 37.6. The molecular weight excluding hydrogens is 817 g/mol. The number of amides is 2. The second kappa shape index (κ2) is 29.9. The second-order valence-electron chi connectivity index (χ2n) is 15.8. The van der Waals surface area contributed by atoms with Gasteiger partial charge in [-0.3, -0.25) is 19.4 Å². The van der Waals surface area contributed by atoms with Gasteiger partial charge in [-0.25, -0.2) is 4.99 Å². The summed E-state index contributed by atoms with van der Waals surface area (Å²) in [6.45, 7) is 10.1. The Kier molecular flexibility index (Phi) is 24.8. The Labute approximate surface area is 378 Å². The Morgan fingerprint density at radius 1 is 0.952 bits per heavy atom. The Morgan fingerprint density at radius 2 is 1.62 bits per heavy atom. The molecule has 0 spiro atoms. The van der Waals surface area contributed by atoms with E-state index in [9.17, 15) is 24.0 Å².